The number of benzene rings is 2. The molecular formula is C32H38N2O6. The molecule has 2 aliphatic rings. The van der Waals surface area contributed by atoms with Crippen LogP contribution in [-0.4, -0.2) is 49.9 Å². The van der Waals surface area contributed by atoms with Crippen LogP contribution in [0.2, 0.25) is 0 Å². The van der Waals surface area contributed by atoms with Crippen molar-refractivity contribution in [2.45, 2.75) is 64.8 Å². The number of ketones is 2. The fourth-order valence-corrected chi connectivity index (χ4v) is 5.72. The van der Waals surface area contributed by atoms with Crippen molar-refractivity contribution in [3.05, 3.63) is 70.9 Å². The summed E-state index contributed by atoms with van der Waals surface area (Å²) in [4.78, 5) is 50.0. The minimum absolute atomic E-state index is 0.00334. The Kier molecular flexibility index (Phi) is 9.07. The van der Waals surface area contributed by atoms with Gasteiger partial charge in [-0.1, -0.05) is 62.4 Å². The number of fused-ring (bicyclic) bond motifs is 3. The molecule has 0 saturated heterocycles. The molecule has 2 aromatic carbocycles. The number of rotatable bonds is 10. The number of esters is 1. The zero-order chi connectivity index (χ0) is 28.9. The van der Waals surface area contributed by atoms with E-state index in [1.54, 1.807) is 6.92 Å². The topological polar surface area (TPSA) is 111 Å². The Morgan fingerprint density at radius 1 is 0.950 bits per heavy atom. The van der Waals surface area contributed by atoms with Crippen molar-refractivity contribution in [3.8, 4) is 11.1 Å². The summed E-state index contributed by atoms with van der Waals surface area (Å²) >= 11 is 0. The third-order valence-corrected chi connectivity index (χ3v) is 7.62. The molecule has 2 aromatic rings. The lowest BCUT2D eigenvalue weighted by atomic mass is 9.73. The third kappa shape index (κ3) is 6.61. The van der Waals surface area contributed by atoms with Crippen molar-refractivity contribution in [2.24, 2.45) is 5.41 Å². The number of hydrogen-bond acceptors (Lipinski definition) is 7. The lowest BCUT2D eigenvalue weighted by Gasteiger charge is -2.30. The van der Waals surface area contributed by atoms with Gasteiger partial charge in [-0.05, 0) is 53.9 Å². The van der Waals surface area contributed by atoms with Crippen LogP contribution in [0.25, 0.3) is 11.1 Å². The molecular weight excluding hydrogens is 508 g/mol. The summed E-state index contributed by atoms with van der Waals surface area (Å²) in [6.07, 6.45) is 1.73. The molecule has 1 saturated carbocycles. The normalized spacial score (nSPS) is 16.6. The minimum Gasteiger partial charge on any atom is -0.467 e. The number of methoxy groups -OCH3 is 1. The molecule has 8 nitrogen and oxygen atoms in total. The Morgan fingerprint density at radius 3 is 2.10 bits per heavy atom. The highest BCUT2D eigenvalue weighted by Crippen LogP contribution is 2.44. The van der Waals surface area contributed by atoms with Crippen LogP contribution < -0.4 is 10.6 Å². The molecule has 1 unspecified atom stereocenters. The summed E-state index contributed by atoms with van der Waals surface area (Å²) < 4.78 is 10.5. The molecule has 40 heavy (non-hydrogen) atoms. The molecule has 0 heterocycles. The standard InChI is InChI=1S/C32H38N2O6/c1-20(29-27(35)17-32(2,3)18-28(29)36)34-26(30(37)39-4)15-9-10-16-33-31(38)40-19-25-23-13-7-5-11-21(23)22-12-6-8-14-24(22)25/h5-8,11-14,25-26,34H,9-10,15-19H2,1-4H3,(H,33,38). The van der Waals surface area contributed by atoms with Gasteiger partial charge in [0, 0.05) is 31.0 Å². The van der Waals surface area contributed by atoms with Crippen LogP contribution in [0, 0.1) is 5.41 Å². The maximum Gasteiger partial charge on any atom is 0.407 e. The monoisotopic (exact) mass is 546 g/mol. The van der Waals surface area contributed by atoms with E-state index in [9.17, 15) is 19.2 Å². The summed E-state index contributed by atoms with van der Waals surface area (Å²) in [6.45, 7) is 6.08. The second kappa shape index (κ2) is 12.5. The van der Waals surface area contributed by atoms with Crippen molar-refractivity contribution in [1.82, 2.24) is 10.6 Å². The number of Topliss-reactive ketones (excluding diaryl/α,β-unsaturated/α-hetero) is 2. The zero-order valence-corrected chi connectivity index (χ0v) is 23.7. The summed E-state index contributed by atoms with van der Waals surface area (Å²) in [5, 5.41) is 5.83. The van der Waals surface area contributed by atoms with Crippen LogP contribution in [0.3, 0.4) is 0 Å². The molecule has 2 N–H and O–H groups in total. The van der Waals surface area contributed by atoms with Crippen LogP contribution in [-0.2, 0) is 23.9 Å². The number of alkyl carbamates (subject to hydrolysis) is 1. The van der Waals surface area contributed by atoms with Crippen molar-refractivity contribution in [1.29, 1.82) is 0 Å². The molecule has 0 aromatic heterocycles. The highest BCUT2D eigenvalue weighted by molar-refractivity contribution is 6.22. The Bertz CT molecular complexity index is 1260. The molecule has 0 radical (unpaired) electrons. The summed E-state index contributed by atoms with van der Waals surface area (Å²) in [7, 11) is 1.30. The van der Waals surface area contributed by atoms with Gasteiger partial charge in [-0.15, -0.1) is 0 Å². The van der Waals surface area contributed by atoms with Crippen LogP contribution in [0.15, 0.2) is 59.8 Å². The van der Waals surface area contributed by atoms with E-state index in [-0.39, 0.29) is 47.9 Å². The average molecular weight is 547 g/mol. The van der Waals surface area contributed by atoms with Gasteiger partial charge in [0.2, 0.25) is 0 Å². The van der Waals surface area contributed by atoms with Gasteiger partial charge in [0.1, 0.15) is 12.6 Å². The lowest BCUT2D eigenvalue weighted by molar-refractivity contribution is -0.143. The van der Waals surface area contributed by atoms with Crippen molar-refractivity contribution in [3.63, 3.8) is 0 Å². The van der Waals surface area contributed by atoms with E-state index in [2.05, 4.69) is 34.9 Å². The summed E-state index contributed by atoms with van der Waals surface area (Å²) in [5.41, 5.74) is 4.84. The van der Waals surface area contributed by atoms with Crippen LogP contribution >= 0.6 is 0 Å². The van der Waals surface area contributed by atoms with Gasteiger partial charge in [-0.25, -0.2) is 9.59 Å². The molecule has 1 fully saturated rings. The molecule has 1 amide bonds. The number of carbonyl (C=O) groups is 4. The number of carbonyl (C=O) groups excluding carboxylic acids is 4. The maximum atomic E-state index is 12.6. The highest BCUT2D eigenvalue weighted by atomic mass is 16.5. The number of amides is 1. The first-order chi connectivity index (χ1) is 19.1. The number of nitrogens with one attached hydrogen (secondary N) is 2. The van der Waals surface area contributed by atoms with Gasteiger partial charge in [-0.2, -0.15) is 0 Å². The maximum absolute atomic E-state index is 12.6. The van der Waals surface area contributed by atoms with Gasteiger partial charge in [0.25, 0.3) is 0 Å². The zero-order valence-electron chi connectivity index (χ0n) is 23.7. The molecule has 212 valence electrons. The van der Waals surface area contributed by atoms with Crippen molar-refractivity contribution in [2.75, 3.05) is 20.3 Å². The number of ether oxygens (including phenoxy) is 2. The Labute approximate surface area is 235 Å². The van der Waals surface area contributed by atoms with Crippen LogP contribution in [0.4, 0.5) is 4.79 Å². The molecule has 2 aliphatic carbocycles. The molecule has 0 bridgehead atoms. The first kappa shape index (κ1) is 29.1. The number of unbranched alkanes of at least 4 members (excludes halogenated alkanes) is 1. The third-order valence-electron chi connectivity index (χ3n) is 7.62. The van der Waals surface area contributed by atoms with Gasteiger partial charge in [-0.3, -0.25) is 9.59 Å². The van der Waals surface area contributed by atoms with E-state index in [0.717, 1.165) is 11.1 Å². The average Bonchev–Trinajstić information content (AvgIpc) is 3.23. The smallest absolute Gasteiger partial charge is 0.407 e. The summed E-state index contributed by atoms with van der Waals surface area (Å²) in [6, 6.07) is 15.6. The van der Waals surface area contributed by atoms with Crippen LogP contribution in [0.5, 0.6) is 0 Å². The van der Waals surface area contributed by atoms with Crippen molar-refractivity contribution < 1.29 is 28.7 Å². The van der Waals surface area contributed by atoms with Crippen molar-refractivity contribution >= 4 is 23.6 Å². The largest absolute Gasteiger partial charge is 0.467 e. The second-order valence-electron chi connectivity index (χ2n) is 11.3. The number of hydrogen-bond donors (Lipinski definition) is 2. The first-order valence-corrected chi connectivity index (χ1v) is 13.8. The Balaban J connectivity index is 1.24. The molecule has 1 atom stereocenters. The SMILES string of the molecule is COC(=O)C(CCCCNC(=O)OCC1c2ccccc2-c2ccccc21)NC(C)=C1C(=O)CC(C)(C)CC1=O. The van der Waals surface area contributed by atoms with E-state index in [1.807, 2.05) is 38.1 Å². The quantitative estimate of drug-likeness (QED) is 0.185. The molecule has 4 rings (SSSR count). The second-order valence-corrected chi connectivity index (χ2v) is 11.3. The Hall–Kier alpha value is -3.94. The predicted molar refractivity (Wildman–Crippen MR) is 152 cm³/mol. The summed E-state index contributed by atoms with van der Waals surface area (Å²) in [5.74, 6) is -0.888. The van der Waals surface area contributed by atoms with E-state index in [1.165, 1.54) is 18.2 Å². The van der Waals surface area contributed by atoms with Gasteiger partial charge in [0.05, 0.1) is 12.7 Å². The predicted octanol–water partition coefficient (Wildman–Crippen LogP) is 5.06. The van der Waals surface area contributed by atoms with Gasteiger partial charge < -0.3 is 20.1 Å². The van der Waals surface area contributed by atoms with E-state index < -0.39 is 18.1 Å². The highest BCUT2D eigenvalue weighted by Gasteiger charge is 2.37. The minimum atomic E-state index is -0.706. The first-order valence-electron chi connectivity index (χ1n) is 13.8. The Morgan fingerprint density at radius 2 is 1.52 bits per heavy atom. The molecule has 0 aliphatic heterocycles. The molecule has 8 heteroatoms. The van der Waals surface area contributed by atoms with Gasteiger partial charge in [0.15, 0.2) is 11.6 Å². The fraction of sp³-hybridized carbons (Fsp3) is 0.438. The fourth-order valence-electron chi connectivity index (χ4n) is 5.72. The van der Waals surface area contributed by atoms with E-state index in [4.69, 9.17) is 9.47 Å². The van der Waals surface area contributed by atoms with Gasteiger partial charge >= 0.3 is 12.1 Å². The van der Waals surface area contributed by atoms with Crippen LogP contribution in [0.1, 0.15) is 69.9 Å². The lowest BCUT2D eigenvalue weighted by Crippen LogP contribution is -2.40. The number of allylic oxidation sites excluding steroid dienone is 2. The van der Waals surface area contributed by atoms with E-state index >= 15 is 0 Å². The van der Waals surface area contributed by atoms with E-state index in [0.29, 0.717) is 31.5 Å². The molecule has 0 spiro atoms.